The number of hydrogen-bond donors (Lipinski definition) is 1. The first kappa shape index (κ1) is 19.7. The molecular weight excluding hydrogens is 352 g/mol. The number of anilines is 1. The Morgan fingerprint density at radius 2 is 1.68 bits per heavy atom. The van der Waals surface area contributed by atoms with E-state index >= 15 is 0 Å². The van der Waals surface area contributed by atoms with Crippen LogP contribution in [0.15, 0.2) is 48.2 Å². The van der Waals surface area contributed by atoms with E-state index in [0.29, 0.717) is 30.8 Å². The SMILES string of the molecule is CCCN1C(=O)C(Nc2ccc(OCC)cc2)=C(c2ccc(C)cc2C)C1=O. The Morgan fingerprint density at radius 3 is 2.29 bits per heavy atom. The third-order valence-corrected chi connectivity index (χ3v) is 4.70. The first-order valence-corrected chi connectivity index (χ1v) is 9.64. The molecule has 0 spiro atoms. The topological polar surface area (TPSA) is 58.6 Å². The molecular formula is C23H26N2O3. The summed E-state index contributed by atoms with van der Waals surface area (Å²) in [6, 6.07) is 13.3. The van der Waals surface area contributed by atoms with E-state index in [0.717, 1.165) is 28.1 Å². The summed E-state index contributed by atoms with van der Waals surface area (Å²) in [5, 5.41) is 3.18. The summed E-state index contributed by atoms with van der Waals surface area (Å²) in [4.78, 5) is 27.4. The number of nitrogens with one attached hydrogen (secondary N) is 1. The molecule has 2 aromatic rings. The molecule has 1 aliphatic heterocycles. The van der Waals surface area contributed by atoms with Gasteiger partial charge in [0.2, 0.25) is 0 Å². The van der Waals surface area contributed by atoms with Crippen LogP contribution in [-0.4, -0.2) is 29.9 Å². The minimum Gasteiger partial charge on any atom is -0.494 e. The lowest BCUT2D eigenvalue weighted by molar-refractivity contribution is -0.136. The second-order valence-electron chi connectivity index (χ2n) is 6.91. The zero-order valence-corrected chi connectivity index (χ0v) is 16.8. The number of aryl methyl sites for hydroxylation is 2. The molecule has 0 saturated heterocycles. The Balaban J connectivity index is 2.03. The van der Waals surface area contributed by atoms with Gasteiger partial charge in [0.25, 0.3) is 11.8 Å². The van der Waals surface area contributed by atoms with Crippen molar-refractivity contribution in [2.75, 3.05) is 18.5 Å². The minimum atomic E-state index is -0.282. The summed E-state index contributed by atoms with van der Waals surface area (Å²) in [6.07, 6.45) is 0.716. The average molecular weight is 378 g/mol. The van der Waals surface area contributed by atoms with Gasteiger partial charge in [-0.3, -0.25) is 14.5 Å². The highest BCUT2D eigenvalue weighted by Crippen LogP contribution is 2.32. The van der Waals surface area contributed by atoms with Crippen LogP contribution in [0.3, 0.4) is 0 Å². The summed E-state index contributed by atoms with van der Waals surface area (Å²) < 4.78 is 5.47. The maximum atomic E-state index is 13.1. The average Bonchev–Trinajstić information content (AvgIpc) is 2.89. The molecule has 0 saturated carbocycles. The van der Waals surface area contributed by atoms with E-state index in [1.54, 1.807) is 0 Å². The van der Waals surface area contributed by atoms with E-state index in [4.69, 9.17) is 4.74 Å². The van der Waals surface area contributed by atoms with Gasteiger partial charge >= 0.3 is 0 Å². The number of rotatable bonds is 7. The second-order valence-corrected chi connectivity index (χ2v) is 6.91. The highest BCUT2D eigenvalue weighted by molar-refractivity contribution is 6.36. The smallest absolute Gasteiger partial charge is 0.278 e. The van der Waals surface area contributed by atoms with Crippen molar-refractivity contribution >= 4 is 23.1 Å². The van der Waals surface area contributed by atoms with Crippen LogP contribution < -0.4 is 10.1 Å². The second kappa shape index (κ2) is 8.30. The van der Waals surface area contributed by atoms with Gasteiger partial charge in [0, 0.05) is 12.2 Å². The lowest BCUT2D eigenvalue weighted by atomic mass is 9.97. The van der Waals surface area contributed by atoms with Gasteiger partial charge in [-0.05, 0) is 62.6 Å². The molecule has 146 valence electrons. The van der Waals surface area contributed by atoms with E-state index in [1.165, 1.54) is 4.90 Å². The van der Waals surface area contributed by atoms with Crippen molar-refractivity contribution in [1.29, 1.82) is 0 Å². The molecule has 0 aliphatic carbocycles. The molecule has 0 unspecified atom stereocenters. The summed E-state index contributed by atoms with van der Waals surface area (Å²) in [7, 11) is 0. The Kier molecular flexibility index (Phi) is 5.83. The molecule has 2 aromatic carbocycles. The molecule has 2 amide bonds. The van der Waals surface area contributed by atoms with Gasteiger partial charge in [0.05, 0.1) is 12.2 Å². The van der Waals surface area contributed by atoms with Crippen molar-refractivity contribution in [2.24, 2.45) is 0 Å². The molecule has 28 heavy (non-hydrogen) atoms. The molecule has 5 heteroatoms. The van der Waals surface area contributed by atoms with Crippen LogP contribution in [0.5, 0.6) is 5.75 Å². The zero-order chi connectivity index (χ0) is 20.3. The molecule has 3 rings (SSSR count). The fourth-order valence-electron chi connectivity index (χ4n) is 3.41. The number of nitrogens with zero attached hydrogens (tertiary/aromatic N) is 1. The summed E-state index contributed by atoms with van der Waals surface area (Å²) in [5.74, 6) is 0.237. The fraction of sp³-hybridized carbons (Fsp3) is 0.304. The van der Waals surface area contributed by atoms with E-state index < -0.39 is 0 Å². The van der Waals surface area contributed by atoms with Gasteiger partial charge in [-0.15, -0.1) is 0 Å². The Bertz CT molecular complexity index is 929. The van der Waals surface area contributed by atoms with Gasteiger partial charge in [0.15, 0.2) is 0 Å². The van der Waals surface area contributed by atoms with E-state index in [1.807, 2.05) is 70.2 Å². The van der Waals surface area contributed by atoms with Crippen LogP contribution in [-0.2, 0) is 9.59 Å². The van der Waals surface area contributed by atoms with E-state index in [-0.39, 0.29) is 11.8 Å². The van der Waals surface area contributed by atoms with E-state index in [2.05, 4.69) is 5.32 Å². The first-order chi connectivity index (χ1) is 13.5. The molecule has 1 aliphatic rings. The molecule has 1 N–H and O–H groups in total. The number of benzene rings is 2. The lowest BCUT2D eigenvalue weighted by Crippen LogP contribution is -2.33. The van der Waals surface area contributed by atoms with Gasteiger partial charge in [-0.1, -0.05) is 30.7 Å². The predicted octanol–water partition coefficient (Wildman–Crippen LogP) is 4.30. The van der Waals surface area contributed by atoms with Crippen molar-refractivity contribution < 1.29 is 14.3 Å². The molecule has 1 heterocycles. The first-order valence-electron chi connectivity index (χ1n) is 9.64. The highest BCUT2D eigenvalue weighted by atomic mass is 16.5. The Morgan fingerprint density at radius 1 is 0.964 bits per heavy atom. The number of hydrogen-bond acceptors (Lipinski definition) is 4. The lowest BCUT2D eigenvalue weighted by Gasteiger charge is -2.14. The molecule has 5 nitrogen and oxygen atoms in total. The van der Waals surface area contributed by atoms with Gasteiger partial charge in [0.1, 0.15) is 11.4 Å². The van der Waals surface area contributed by atoms with Crippen molar-refractivity contribution in [3.63, 3.8) is 0 Å². The number of carbonyl (C=O) groups is 2. The van der Waals surface area contributed by atoms with Crippen LogP contribution in [0.2, 0.25) is 0 Å². The van der Waals surface area contributed by atoms with Crippen molar-refractivity contribution in [3.8, 4) is 5.75 Å². The van der Waals surface area contributed by atoms with Gasteiger partial charge in [-0.2, -0.15) is 0 Å². The van der Waals surface area contributed by atoms with Crippen LogP contribution in [0, 0.1) is 13.8 Å². The maximum absolute atomic E-state index is 13.1. The number of amides is 2. The van der Waals surface area contributed by atoms with Crippen molar-refractivity contribution in [3.05, 3.63) is 64.9 Å². The van der Waals surface area contributed by atoms with Crippen LogP contribution in [0.4, 0.5) is 5.69 Å². The molecule has 0 bridgehead atoms. The summed E-state index contributed by atoms with van der Waals surface area (Å²) in [6.45, 7) is 8.85. The highest BCUT2D eigenvalue weighted by Gasteiger charge is 2.39. The molecule has 0 atom stereocenters. The zero-order valence-electron chi connectivity index (χ0n) is 16.8. The van der Waals surface area contributed by atoms with Gasteiger partial charge < -0.3 is 10.1 Å². The van der Waals surface area contributed by atoms with Gasteiger partial charge in [-0.25, -0.2) is 0 Å². The third kappa shape index (κ3) is 3.79. The van der Waals surface area contributed by atoms with Crippen LogP contribution >= 0.6 is 0 Å². The summed E-state index contributed by atoms with van der Waals surface area (Å²) in [5.41, 5.74) is 4.38. The minimum absolute atomic E-state index is 0.243. The predicted molar refractivity (Wildman–Crippen MR) is 111 cm³/mol. The molecule has 0 aromatic heterocycles. The van der Waals surface area contributed by atoms with Crippen molar-refractivity contribution in [2.45, 2.75) is 34.1 Å². The Hall–Kier alpha value is -3.08. The standard InChI is InChI=1S/C23H26N2O3/c1-5-13-25-22(26)20(19-12-7-15(3)14-16(19)4)21(23(25)27)24-17-8-10-18(11-9-17)28-6-2/h7-12,14,24H,5-6,13H2,1-4H3. The Labute approximate surface area is 166 Å². The van der Waals surface area contributed by atoms with Crippen molar-refractivity contribution in [1.82, 2.24) is 4.90 Å². The number of imide groups is 1. The quantitative estimate of drug-likeness (QED) is 0.730. The largest absolute Gasteiger partial charge is 0.494 e. The maximum Gasteiger partial charge on any atom is 0.278 e. The van der Waals surface area contributed by atoms with E-state index in [9.17, 15) is 9.59 Å². The third-order valence-electron chi connectivity index (χ3n) is 4.70. The number of carbonyl (C=O) groups excluding carboxylic acids is 2. The fourth-order valence-corrected chi connectivity index (χ4v) is 3.41. The van der Waals surface area contributed by atoms with Crippen LogP contribution in [0.25, 0.3) is 5.57 Å². The monoisotopic (exact) mass is 378 g/mol. The molecule has 0 radical (unpaired) electrons. The summed E-state index contributed by atoms with van der Waals surface area (Å²) >= 11 is 0. The van der Waals surface area contributed by atoms with Crippen LogP contribution in [0.1, 0.15) is 37.0 Å². The normalized spacial score (nSPS) is 14.1. The number of ether oxygens (including phenoxy) is 1. The molecule has 0 fully saturated rings.